The fraction of sp³-hybridized carbons (Fsp3) is 1.00. The van der Waals surface area contributed by atoms with Crippen LogP contribution in [0.4, 0.5) is 0 Å². The lowest BCUT2D eigenvalue weighted by molar-refractivity contribution is 0.161. The van der Waals surface area contributed by atoms with E-state index in [-0.39, 0.29) is 0 Å². The van der Waals surface area contributed by atoms with Crippen LogP contribution in [-0.4, -0.2) is 50.2 Å². The highest BCUT2D eigenvalue weighted by molar-refractivity contribution is 4.86. The van der Waals surface area contributed by atoms with Gasteiger partial charge in [-0.2, -0.15) is 0 Å². The number of likely N-dealkylation sites (tertiary alicyclic amines) is 1. The van der Waals surface area contributed by atoms with Crippen LogP contribution in [0, 0.1) is 5.92 Å². The van der Waals surface area contributed by atoms with Gasteiger partial charge in [0.2, 0.25) is 0 Å². The molecule has 2 saturated heterocycles. The molecule has 2 aliphatic heterocycles. The molecule has 0 aromatic heterocycles. The highest BCUT2D eigenvalue weighted by Gasteiger charge is 2.26. The summed E-state index contributed by atoms with van der Waals surface area (Å²) in [5.74, 6) is 0.797. The van der Waals surface area contributed by atoms with E-state index in [1.807, 2.05) is 0 Å². The van der Waals surface area contributed by atoms with Crippen LogP contribution in [0.25, 0.3) is 0 Å². The second-order valence-electron chi connectivity index (χ2n) is 5.34. The van der Waals surface area contributed by atoms with E-state index in [4.69, 9.17) is 0 Å². The zero-order valence-electron chi connectivity index (χ0n) is 10.1. The van der Waals surface area contributed by atoms with Crippen molar-refractivity contribution in [2.24, 2.45) is 5.92 Å². The van der Waals surface area contributed by atoms with Crippen molar-refractivity contribution < 1.29 is 0 Å². The zero-order valence-corrected chi connectivity index (χ0v) is 10.1. The maximum absolute atomic E-state index is 3.84. The lowest BCUT2D eigenvalue weighted by Crippen LogP contribution is -2.53. The lowest BCUT2D eigenvalue weighted by Gasteiger charge is -2.38. The summed E-state index contributed by atoms with van der Waals surface area (Å²) in [6, 6.07) is 1.46. The average molecular weight is 211 g/mol. The lowest BCUT2D eigenvalue weighted by atomic mass is 9.92. The van der Waals surface area contributed by atoms with Crippen LogP contribution < -0.4 is 10.6 Å². The molecular formula is C12H25N3. The Kier molecular flexibility index (Phi) is 4.00. The Labute approximate surface area is 93.6 Å². The number of nitrogens with one attached hydrogen (secondary N) is 2. The van der Waals surface area contributed by atoms with Gasteiger partial charge in [-0.25, -0.2) is 0 Å². The number of hydrogen-bond acceptors (Lipinski definition) is 3. The van der Waals surface area contributed by atoms with Crippen LogP contribution in [0.3, 0.4) is 0 Å². The summed E-state index contributed by atoms with van der Waals surface area (Å²) < 4.78 is 0. The summed E-state index contributed by atoms with van der Waals surface area (Å²) >= 11 is 0. The quantitative estimate of drug-likeness (QED) is 0.703. The molecule has 0 spiro atoms. The van der Waals surface area contributed by atoms with Crippen molar-refractivity contribution in [2.45, 2.75) is 38.3 Å². The van der Waals surface area contributed by atoms with Crippen molar-refractivity contribution in [1.82, 2.24) is 15.5 Å². The van der Waals surface area contributed by atoms with E-state index in [2.05, 4.69) is 29.5 Å². The van der Waals surface area contributed by atoms with Gasteiger partial charge in [0.05, 0.1) is 0 Å². The third-order valence-electron chi connectivity index (χ3n) is 3.86. The number of piperidine rings is 2. The molecule has 3 nitrogen and oxygen atoms in total. The fourth-order valence-corrected chi connectivity index (χ4v) is 2.90. The third-order valence-corrected chi connectivity index (χ3v) is 3.86. The van der Waals surface area contributed by atoms with E-state index in [1.165, 1.54) is 45.4 Å². The van der Waals surface area contributed by atoms with Crippen LogP contribution in [0.1, 0.15) is 26.2 Å². The van der Waals surface area contributed by atoms with Crippen molar-refractivity contribution in [3.63, 3.8) is 0 Å². The molecule has 0 bridgehead atoms. The van der Waals surface area contributed by atoms with Gasteiger partial charge in [-0.05, 0) is 45.3 Å². The van der Waals surface area contributed by atoms with Crippen LogP contribution in [0.5, 0.6) is 0 Å². The van der Waals surface area contributed by atoms with Gasteiger partial charge in [0.15, 0.2) is 0 Å². The molecule has 0 aromatic carbocycles. The molecule has 2 aliphatic rings. The van der Waals surface area contributed by atoms with Crippen molar-refractivity contribution in [1.29, 1.82) is 0 Å². The largest absolute Gasteiger partial charge is 0.315 e. The van der Waals surface area contributed by atoms with Crippen LogP contribution in [-0.2, 0) is 0 Å². The summed E-state index contributed by atoms with van der Waals surface area (Å²) in [5.41, 5.74) is 0. The highest BCUT2D eigenvalue weighted by Crippen LogP contribution is 2.17. The zero-order chi connectivity index (χ0) is 10.7. The highest BCUT2D eigenvalue weighted by atomic mass is 15.1. The van der Waals surface area contributed by atoms with Gasteiger partial charge in [0.1, 0.15) is 0 Å². The number of rotatable bonds is 2. The first-order valence-corrected chi connectivity index (χ1v) is 6.41. The minimum atomic E-state index is 0.717. The smallest absolute Gasteiger partial charge is 0.0195 e. The van der Waals surface area contributed by atoms with Gasteiger partial charge in [0.25, 0.3) is 0 Å². The van der Waals surface area contributed by atoms with E-state index in [0.717, 1.165) is 18.0 Å². The first-order valence-electron chi connectivity index (χ1n) is 6.41. The number of nitrogens with zero attached hydrogens (tertiary/aromatic N) is 1. The SMILES string of the molecule is CC1CN(C)CCC1NC1CCCNC1. The van der Waals surface area contributed by atoms with Crippen LogP contribution >= 0.6 is 0 Å². The van der Waals surface area contributed by atoms with Gasteiger partial charge in [-0.1, -0.05) is 6.92 Å². The normalized spacial score (nSPS) is 39.2. The first kappa shape index (κ1) is 11.4. The molecule has 0 aliphatic carbocycles. The molecule has 15 heavy (non-hydrogen) atoms. The predicted octanol–water partition coefficient (Wildman–Crippen LogP) is 0.668. The maximum Gasteiger partial charge on any atom is 0.0195 e. The second-order valence-corrected chi connectivity index (χ2v) is 5.34. The molecular weight excluding hydrogens is 186 g/mol. The summed E-state index contributed by atoms with van der Waals surface area (Å²) in [4.78, 5) is 2.45. The summed E-state index contributed by atoms with van der Waals surface area (Å²) in [6.07, 6.45) is 4.00. The van der Waals surface area contributed by atoms with E-state index in [9.17, 15) is 0 Å². The molecule has 3 atom stereocenters. The summed E-state index contributed by atoms with van der Waals surface area (Å²) in [7, 11) is 2.23. The fourth-order valence-electron chi connectivity index (χ4n) is 2.90. The van der Waals surface area contributed by atoms with Gasteiger partial charge < -0.3 is 15.5 Å². The molecule has 2 heterocycles. The topological polar surface area (TPSA) is 27.3 Å². The van der Waals surface area contributed by atoms with Gasteiger partial charge in [-0.3, -0.25) is 0 Å². The Hall–Kier alpha value is -0.120. The first-order chi connectivity index (χ1) is 7.25. The maximum atomic E-state index is 3.84. The Balaban J connectivity index is 1.77. The molecule has 0 aromatic rings. The molecule has 0 radical (unpaired) electrons. The average Bonchev–Trinajstić information content (AvgIpc) is 2.24. The second kappa shape index (κ2) is 5.28. The van der Waals surface area contributed by atoms with Crippen molar-refractivity contribution in [3.8, 4) is 0 Å². The standard InChI is InChI=1S/C12H25N3/c1-10-9-15(2)7-5-12(10)14-11-4-3-6-13-8-11/h10-14H,3-9H2,1-2H3. The summed E-state index contributed by atoms with van der Waals surface area (Å²) in [6.45, 7) is 7.25. The molecule has 3 unspecified atom stereocenters. The summed E-state index contributed by atoms with van der Waals surface area (Å²) in [5, 5.41) is 7.31. The Morgan fingerprint density at radius 3 is 2.87 bits per heavy atom. The molecule has 3 heteroatoms. The van der Waals surface area contributed by atoms with E-state index < -0.39 is 0 Å². The monoisotopic (exact) mass is 211 g/mol. The third kappa shape index (κ3) is 3.16. The van der Waals surface area contributed by atoms with Gasteiger partial charge in [0, 0.05) is 25.2 Å². The minimum Gasteiger partial charge on any atom is -0.315 e. The molecule has 2 N–H and O–H groups in total. The van der Waals surface area contributed by atoms with Crippen molar-refractivity contribution >= 4 is 0 Å². The molecule has 88 valence electrons. The molecule has 0 saturated carbocycles. The molecule has 0 amide bonds. The Morgan fingerprint density at radius 2 is 2.20 bits per heavy atom. The Bertz CT molecular complexity index is 189. The van der Waals surface area contributed by atoms with Gasteiger partial charge in [-0.15, -0.1) is 0 Å². The predicted molar refractivity (Wildman–Crippen MR) is 64.1 cm³/mol. The van der Waals surface area contributed by atoms with Crippen LogP contribution in [0.15, 0.2) is 0 Å². The number of hydrogen-bond donors (Lipinski definition) is 2. The van der Waals surface area contributed by atoms with Crippen molar-refractivity contribution in [3.05, 3.63) is 0 Å². The van der Waals surface area contributed by atoms with Crippen LogP contribution in [0.2, 0.25) is 0 Å². The minimum absolute atomic E-state index is 0.717. The Morgan fingerprint density at radius 1 is 1.33 bits per heavy atom. The molecule has 2 fully saturated rings. The van der Waals surface area contributed by atoms with E-state index >= 15 is 0 Å². The van der Waals surface area contributed by atoms with E-state index in [1.54, 1.807) is 0 Å². The van der Waals surface area contributed by atoms with Crippen molar-refractivity contribution in [2.75, 3.05) is 33.2 Å². The molecule has 2 rings (SSSR count). The van der Waals surface area contributed by atoms with Gasteiger partial charge >= 0.3 is 0 Å². The van der Waals surface area contributed by atoms with E-state index in [0.29, 0.717) is 0 Å².